The standard InChI is InChI=1S/C22H25FN4/c1-16-17(2)27(15-25-16)19-10-8-18(9-11-19)24-14-20-21(23)6-5-7-22(20)26-12-3-4-13-26/h5-11,15,24H,3-4,12-14H2,1-2H3. The maximum Gasteiger partial charge on any atom is 0.130 e. The van der Waals surface area contributed by atoms with Gasteiger partial charge in [0.2, 0.25) is 0 Å². The van der Waals surface area contributed by atoms with E-state index in [0.29, 0.717) is 6.54 Å². The maximum absolute atomic E-state index is 14.5. The molecule has 2 heterocycles. The van der Waals surface area contributed by atoms with Crippen molar-refractivity contribution >= 4 is 11.4 Å². The molecule has 0 radical (unpaired) electrons. The molecule has 1 fully saturated rings. The van der Waals surface area contributed by atoms with E-state index in [4.69, 9.17) is 0 Å². The van der Waals surface area contributed by atoms with Crippen molar-refractivity contribution in [2.24, 2.45) is 0 Å². The van der Waals surface area contributed by atoms with Gasteiger partial charge in [-0.25, -0.2) is 9.37 Å². The van der Waals surface area contributed by atoms with Crippen molar-refractivity contribution < 1.29 is 4.39 Å². The summed E-state index contributed by atoms with van der Waals surface area (Å²) in [6.45, 7) is 6.56. The minimum Gasteiger partial charge on any atom is -0.381 e. The molecule has 0 atom stereocenters. The summed E-state index contributed by atoms with van der Waals surface area (Å²) in [7, 11) is 0. The molecule has 1 N–H and O–H groups in total. The highest BCUT2D eigenvalue weighted by molar-refractivity contribution is 5.57. The van der Waals surface area contributed by atoms with Crippen molar-refractivity contribution in [3.63, 3.8) is 0 Å². The number of aromatic nitrogens is 2. The third kappa shape index (κ3) is 3.54. The number of benzene rings is 2. The van der Waals surface area contributed by atoms with Crippen LogP contribution in [0.1, 0.15) is 29.8 Å². The molecule has 0 unspecified atom stereocenters. The van der Waals surface area contributed by atoms with Gasteiger partial charge in [-0.3, -0.25) is 0 Å². The summed E-state index contributed by atoms with van der Waals surface area (Å²) < 4.78 is 16.5. The molecule has 2 aromatic carbocycles. The number of aryl methyl sites for hydroxylation is 1. The molecule has 1 aromatic heterocycles. The molecule has 0 spiro atoms. The molecule has 27 heavy (non-hydrogen) atoms. The molecule has 140 valence electrons. The lowest BCUT2D eigenvalue weighted by Crippen LogP contribution is -2.20. The first-order chi connectivity index (χ1) is 13.1. The predicted octanol–water partition coefficient (Wildman–Crippen LogP) is 4.84. The molecule has 3 aromatic rings. The van der Waals surface area contributed by atoms with Crippen LogP contribution in [-0.2, 0) is 6.54 Å². The largest absolute Gasteiger partial charge is 0.381 e. The number of hydrogen-bond acceptors (Lipinski definition) is 3. The van der Waals surface area contributed by atoms with Crippen molar-refractivity contribution in [2.75, 3.05) is 23.3 Å². The second kappa shape index (κ2) is 7.43. The van der Waals surface area contributed by atoms with Crippen molar-refractivity contribution in [2.45, 2.75) is 33.2 Å². The Labute approximate surface area is 159 Å². The van der Waals surface area contributed by atoms with Crippen LogP contribution in [0.5, 0.6) is 0 Å². The van der Waals surface area contributed by atoms with Gasteiger partial charge in [0.25, 0.3) is 0 Å². The topological polar surface area (TPSA) is 33.1 Å². The van der Waals surface area contributed by atoms with Crippen LogP contribution in [0.25, 0.3) is 5.69 Å². The fourth-order valence-corrected chi connectivity index (χ4v) is 3.67. The highest BCUT2D eigenvalue weighted by Gasteiger charge is 2.18. The summed E-state index contributed by atoms with van der Waals surface area (Å²) in [6.07, 6.45) is 4.20. The van der Waals surface area contributed by atoms with Gasteiger partial charge in [-0.05, 0) is 63.1 Å². The van der Waals surface area contributed by atoms with Crippen LogP contribution in [-0.4, -0.2) is 22.6 Å². The quantitative estimate of drug-likeness (QED) is 0.703. The van der Waals surface area contributed by atoms with E-state index in [0.717, 1.165) is 47.1 Å². The Bertz CT molecular complexity index is 924. The number of nitrogens with one attached hydrogen (secondary N) is 1. The Balaban J connectivity index is 1.50. The normalized spacial score (nSPS) is 14.0. The number of halogens is 1. The second-order valence-corrected chi connectivity index (χ2v) is 7.12. The molecule has 1 saturated heterocycles. The fraction of sp³-hybridized carbons (Fsp3) is 0.318. The molecule has 4 rings (SSSR count). The van der Waals surface area contributed by atoms with Crippen molar-refractivity contribution in [3.8, 4) is 5.69 Å². The average Bonchev–Trinajstić information content (AvgIpc) is 3.32. The minimum absolute atomic E-state index is 0.145. The van der Waals surface area contributed by atoms with E-state index in [1.165, 1.54) is 12.8 Å². The van der Waals surface area contributed by atoms with E-state index >= 15 is 0 Å². The Hall–Kier alpha value is -2.82. The lowest BCUT2D eigenvalue weighted by molar-refractivity contribution is 0.612. The van der Waals surface area contributed by atoms with Crippen LogP contribution in [0, 0.1) is 19.7 Å². The van der Waals surface area contributed by atoms with Crippen LogP contribution >= 0.6 is 0 Å². The number of hydrogen-bond donors (Lipinski definition) is 1. The summed E-state index contributed by atoms with van der Waals surface area (Å²) in [5.41, 5.74) is 5.97. The molecule has 0 amide bonds. The average molecular weight is 364 g/mol. The molecular weight excluding hydrogens is 339 g/mol. The third-order valence-corrected chi connectivity index (χ3v) is 5.41. The van der Waals surface area contributed by atoms with E-state index in [1.54, 1.807) is 12.1 Å². The Kier molecular flexibility index (Phi) is 4.84. The molecule has 1 aliphatic rings. The Morgan fingerprint density at radius 2 is 1.78 bits per heavy atom. The SMILES string of the molecule is Cc1ncn(-c2ccc(NCc3c(F)cccc3N3CCCC3)cc2)c1C. The van der Waals surface area contributed by atoms with Crippen molar-refractivity contribution in [1.29, 1.82) is 0 Å². The molecular formula is C22H25FN4. The number of nitrogens with zero attached hydrogens (tertiary/aromatic N) is 3. The summed E-state index contributed by atoms with van der Waals surface area (Å²) in [4.78, 5) is 6.63. The van der Waals surface area contributed by atoms with Crippen molar-refractivity contribution in [3.05, 3.63) is 71.6 Å². The molecule has 4 nitrogen and oxygen atoms in total. The van der Waals surface area contributed by atoms with Gasteiger partial charge in [-0.2, -0.15) is 0 Å². The van der Waals surface area contributed by atoms with E-state index in [1.807, 2.05) is 31.5 Å². The molecule has 0 aliphatic carbocycles. The van der Waals surface area contributed by atoms with Crippen LogP contribution in [0.4, 0.5) is 15.8 Å². The van der Waals surface area contributed by atoms with Gasteiger partial charge in [0.05, 0.1) is 12.0 Å². The Morgan fingerprint density at radius 1 is 1.04 bits per heavy atom. The summed E-state index contributed by atoms with van der Waals surface area (Å²) >= 11 is 0. The predicted molar refractivity (Wildman–Crippen MR) is 108 cm³/mol. The molecule has 1 aliphatic heterocycles. The number of imidazole rings is 1. The van der Waals surface area contributed by atoms with Crippen molar-refractivity contribution in [1.82, 2.24) is 9.55 Å². The number of anilines is 2. The summed E-state index contributed by atoms with van der Waals surface area (Å²) in [6, 6.07) is 13.5. The third-order valence-electron chi connectivity index (χ3n) is 5.41. The van der Waals surface area contributed by atoms with Gasteiger partial charge < -0.3 is 14.8 Å². The first kappa shape index (κ1) is 17.6. The summed E-state index contributed by atoms with van der Waals surface area (Å²) in [5.74, 6) is -0.145. The fourth-order valence-electron chi connectivity index (χ4n) is 3.67. The highest BCUT2D eigenvalue weighted by Crippen LogP contribution is 2.27. The van der Waals surface area contributed by atoms with Crippen LogP contribution in [0.3, 0.4) is 0 Å². The first-order valence-corrected chi connectivity index (χ1v) is 9.50. The van der Waals surface area contributed by atoms with Gasteiger partial charge in [0.1, 0.15) is 5.82 Å². The zero-order valence-electron chi connectivity index (χ0n) is 15.9. The Morgan fingerprint density at radius 3 is 2.44 bits per heavy atom. The molecule has 5 heteroatoms. The van der Waals surface area contributed by atoms with E-state index in [9.17, 15) is 4.39 Å². The van der Waals surface area contributed by atoms with Gasteiger partial charge >= 0.3 is 0 Å². The van der Waals surface area contributed by atoms with E-state index in [-0.39, 0.29) is 5.82 Å². The second-order valence-electron chi connectivity index (χ2n) is 7.12. The smallest absolute Gasteiger partial charge is 0.130 e. The van der Waals surface area contributed by atoms with E-state index in [2.05, 4.69) is 38.8 Å². The van der Waals surface area contributed by atoms with E-state index < -0.39 is 0 Å². The highest BCUT2D eigenvalue weighted by atomic mass is 19.1. The minimum atomic E-state index is -0.145. The van der Waals surface area contributed by atoms with Gasteiger partial charge in [-0.1, -0.05) is 6.07 Å². The van der Waals surface area contributed by atoms with Crippen LogP contribution < -0.4 is 10.2 Å². The summed E-state index contributed by atoms with van der Waals surface area (Å²) in [5, 5.41) is 3.37. The molecule has 0 bridgehead atoms. The van der Waals surface area contributed by atoms with Gasteiger partial charge in [0.15, 0.2) is 0 Å². The van der Waals surface area contributed by atoms with Gasteiger partial charge in [-0.15, -0.1) is 0 Å². The number of rotatable bonds is 5. The first-order valence-electron chi connectivity index (χ1n) is 9.50. The van der Waals surface area contributed by atoms with Crippen LogP contribution in [0.15, 0.2) is 48.8 Å². The zero-order chi connectivity index (χ0) is 18.8. The monoisotopic (exact) mass is 364 g/mol. The van der Waals surface area contributed by atoms with Gasteiger partial charge in [0, 0.05) is 48.0 Å². The maximum atomic E-state index is 14.5. The molecule has 0 saturated carbocycles. The van der Waals surface area contributed by atoms with Crippen LogP contribution in [0.2, 0.25) is 0 Å². The zero-order valence-corrected chi connectivity index (χ0v) is 15.9. The lowest BCUT2D eigenvalue weighted by atomic mass is 10.1. The lowest BCUT2D eigenvalue weighted by Gasteiger charge is -2.22.